The van der Waals surface area contributed by atoms with E-state index in [1.807, 2.05) is 12.1 Å². The summed E-state index contributed by atoms with van der Waals surface area (Å²) in [7, 11) is -1.09. The van der Waals surface area contributed by atoms with Gasteiger partial charge in [-0.3, -0.25) is 9.59 Å². The third-order valence-corrected chi connectivity index (χ3v) is 5.43. The molecule has 0 unspecified atom stereocenters. The first kappa shape index (κ1) is 18.7. The number of carbonyl (C=O) groups is 2. The van der Waals surface area contributed by atoms with Crippen LogP contribution in [0.4, 0.5) is 5.82 Å². The Hall–Kier alpha value is -2.67. The Bertz CT molecular complexity index is 931. The van der Waals surface area contributed by atoms with E-state index in [1.54, 1.807) is 12.3 Å². The molecule has 0 bridgehead atoms. The number of aromatic nitrogens is 1. The second-order valence-corrected chi connectivity index (χ2v) is 7.62. The van der Waals surface area contributed by atoms with Crippen LogP contribution >= 0.6 is 0 Å². The highest BCUT2D eigenvalue weighted by Crippen LogP contribution is 2.36. The highest BCUT2D eigenvalue weighted by Gasteiger charge is 2.37. The number of fused-ring (bicyclic) bond motifs is 2. The highest BCUT2D eigenvalue weighted by atomic mass is 16.5. The van der Waals surface area contributed by atoms with Gasteiger partial charge in [-0.1, -0.05) is 18.2 Å². The van der Waals surface area contributed by atoms with Crippen molar-refractivity contribution in [2.24, 2.45) is 0 Å². The predicted molar refractivity (Wildman–Crippen MR) is 107 cm³/mol. The van der Waals surface area contributed by atoms with E-state index in [0.717, 1.165) is 41.9 Å². The van der Waals surface area contributed by atoms with Crippen LogP contribution in [0.2, 0.25) is 5.82 Å². The molecule has 0 amide bonds. The monoisotopic (exact) mass is 378 g/mol. The number of pyridine rings is 1. The van der Waals surface area contributed by atoms with Gasteiger partial charge in [0.15, 0.2) is 5.78 Å². The SMILES string of the molecule is CC(=O)c1cccc2c1OB(O)[C@@H](CC(=O)Cc1cnc3c(c1)CCCN3)C2. The molecule has 28 heavy (non-hydrogen) atoms. The summed E-state index contributed by atoms with van der Waals surface area (Å²) in [5.74, 6) is 0.973. The molecule has 1 aromatic carbocycles. The standard InChI is InChI=1S/C21H23BN2O4/c1-13(25)19-6-2-4-15-10-17(22(27)28-20(15)19)11-18(26)9-14-8-16-5-3-7-23-21(16)24-12-14/h2,4,6,8,12,17,27H,3,5,7,9-11H2,1H3,(H,23,24)/t17-/m1/s1. The molecule has 0 spiro atoms. The minimum Gasteiger partial charge on any atom is -0.535 e. The van der Waals surface area contributed by atoms with Crippen molar-refractivity contribution in [3.05, 3.63) is 52.7 Å². The molecule has 7 heteroatoms. The van der Waals surface area contributed by atoms with Gasteiger partial charge in [0.2, 0.25) is 0 Å². The number of carbonyl (C=O) groups excluding carboxylic acids is 2. The fourth-order valence-corrected chi connectivity index (χ4v) is 4.02. The Morgan fingerprint density at radius 1 is 1.36 bits per heavy atom. The number of rotatable bonds is 5. The highest BCUT2D eigenvalue weighted by molar-refractivity contribution is 6.47. The lowest BCUT2D eigenvalue weighted by Crippen LogP contribution is -2.36. The first-order chi connectivity index (χ1) is 13.5. The number of para-hydroxylation sites is 1. The second-order valence-electron chi connectivity index (χ2n) is 7.62. The van der Waals surface area contributed by atoms with Crippen molar-refractivity contribution in [1.29, 1.82) is 0 Å². The van der Waals surface area contributed by atoms with E-state index in [-0.39, 0.29) is 23.8 Å². The number of hydrogen-bond acceptors (Lipinski definition) is 6. The lowest BCUT2D eigenvalue weighted by molar-refractivity contribution is -0.118. The molecule has 0 fully saturated rings. The van der Waals surface area contributed by atoms with Gasteiger partial charge >= 0.3 is 7.12 Å². The van der Waals surface area contributed by atoms with Crippen molar-refractivity contribution < 1.29 is 19.3 Å². The summed E-state index contributed by atoms with van der Waals surface area (Å²) in [5, 5.41) is 13.7. The number of nitrogens with one attached hydrogen (secondary N) is 1. The zero-order chi connectivity index (χ0) is 19.7. The summed E-state index contributed by atoms with van der Waals surface area (Å²) in [6, 6.07) is 7.43. The third-order valence-electron chi connectivity index (χ3n) is 5.43. The molecular weight excluding hydrogens is 355 g/mol. The van der Waals surface area contributed by atoms with E-state index in [1.165, 1.54) is 6.92 Å². The van der Waals surface area contributed by atoms with Gasteiger partial charge < -0.3 is 15.0 Å². The lowest BCUT2D eigenvalue weighted by atomic mass is 9.64. The minimum absolute atomic E-state index is 0.0457. The second kappa shape index (κ2) is 7.76. The van der Waals surface area contributed by atoms with Crippen LogP contribution in [0.5, 0.6) is 5.75 Å². The average Bonchev–Trinajstić information content (AvgIpc) is 2.68. The molecule has 0 saturated heterocycles. The predicted octanol–water partition coefficient (Wildman–Crippen LogP) is 2.63. The molecule has 6 nitrogen and oxygen atoms in total. The van der Waals surface area contributed by atoms with Crippen molar-refractivity contribution in [2.45, 2.75) is 44.8 Å². The largest absolute Gasteiger partial charge is 0.535 e. The maximum absolute atomic E-state index is 12.6. The van der Waals surface area contributed by atoms with Gasteiger partial charge in [-0.25, -0.2) is 4.98 Å². The maximum Gasteiger partial charge on any atom is 0.526 e. The van der Waals surface area contributed by atoms with Crippen LogP contribution in [0, 0.1) is 0 Å². The molecule has 2 aliphatic heterocycles. The van der Waals surface area contributed by atoms with Gasteiger partial charge in [-0.2, -0.15) is 0 Å². The molecule has 0 aliphatic carbocycles. The quantitative estimate of drug-likeness (QED) is 0.614. The van der Waals surface area contributed by atoms with Gasteiger partial charge in [-0.15, -0.1) is 0 Å². The number of nitrogens with zero attached hydrogens (tertiary/aromatic N) is 1. The van der Waals surface area contributed by atoms with E-state index in [9.17, 15) is 14.6 Å². The molecule has 2 aliphatic rings. The van der Waals surface area contributed by atoms with Crippen LogP contribution in [-0.2, 0) is 24.1 Å². The van der Waals surface area contributed by atoms with E-state index >= 15 is 0 Å². The molecule has 0 radical (unpaired) electrons. The minimum atomic E-state index is -1.09. The van der Waals surface area contributed by atoms with E-state index in [0.29, 0.717) is 24.2 Å². The first-order valence-corrected chi connectivity index (χ1v) is 9.72. The summed E-state index contributed by atoms with van der Waals surface area (Å²) in [5.41, 5.74) is 3.38. The number of anilines is 1. The molecule has 2 N–H and O–H groups in total. The van der Waals surface area contributed by atoms with Crippen LogP contribution in [-0.4, -0.2) is 35.2 Å². The Balaban J connectivity index is 1.44. The molecule has 3 heterocycles. The Kier molecular flexibility index (Phi) is 5.18. The molecule has 2 aromatic rings. The molecule has 144 valence electrons. The number of hydrogen-bond donors (Lipinski definition) is 2. The van der Waals surface area contributed by atoms with Crippen LogP contribution in [0.3, 0.4) is 0 Å². The summed E-state index contributed by atoms with van der Waals surface area (Å²) in [4.78, 5) is 28.8. The Morgan fingerprint density at radius 2 is 2.21 bits per heavy atom. The smallest absolute Gasteiger partial charge is 0.526 e. The van der Waals surface area contributed by atoms with Gasteiger partial charge in [0.25, 0.3) is 0 Å². The van der Waals surface area contributed by atoms with Crippen molar-refractivity contribution in [3.8, 4) is 5.75 Å². The van der Waals surface area contributed by atoms with Crippen molar-refractivity contribution in [3.63, 3.8) is 0 Å². The fraction of sp³-hybridized carbons (Fsp3) is 0.381. The maximum atomic E-state index is 12.6. The third kappa shape index (κ3) is 3.80. The molecule has 1 aromatic heterocycles. The van der Waals surface area contributed by atoms with Gasteiger partial charge in [-0.05, 0) is 48.9 Å². The van der Waals surface area contributed by atoms with Crippen molar-refractivity contribution in [1.82, 2.24) is 4.98 Å². The summed E-state index contributed by atoms with van der Waals surface area (Å²) < 4.78 is 5.62. The normalized spacial score (nSPS) is 17.8. The van der Waals surface area contributed by atoms with E-state index < -0.39 is 7.12 Å². The number of Topliss-reactive ketones (excluding diaryl/α,β-unsaturated/α-hetero) is 2. The van der Waals surface area contributed by atoms with Crippen LogP contribution in [0.15, 0.2) is 30.5 Å². The zero-order valence-electron chi connectivity index (χ0n) is 15.9. The molecular formula is C21H23BN2O4. The summed E-state index contributed by atoms with van der Waals surface area (Å²) >= 11 is 0. The fourth-order valence-electron chi connectivity index (χ4n) is 4.02. The first-order valence-electron chi connectivity index (χ1n) is 9.72. The summed E-state index contributed by atoms with van der Waals surface area (Å²) in [6.45, 7) is 2.41. The van der Waals surface area contributed by atoms with Crippen molar-refractivity contribution in [2.75, 3.05) is 11.9 Å². The topological polar surface area (TPSA) is 88.5 Å². The Labute approximate surface area is 164 Å². The average molecular weight is 378 g/mol. The lowest BCUT2D eigenvalue weighted by Gasteiger charge is -2.28. The van der Waals surface area contributed by atoms with E-state index in [4.69, 9.17) is 4.65 Å². The van der Waals surface area contributed by atoms with Crippen LogP contribution in [0.1, 0.15) is 46.8 Å². The molecule has 4 rings (SSSR count). The molecule has 1 atom stereocenters. The Morgan fingerprint density at radius 3 is 3.04 bits per heavy atom. The number of ketones is 2. The number of aryl methyl sites for hydroxylation is 1. The molecule has 0 saturated carbocycles. The van der Waals surface area contributed by atoms with Crippen LogP contribution in [0.25, 0.3) is 0 Å². The van der Waals surface area contributed by atoms with Gasteiger partial charge in [0.05, 0.1) is 5.56 Å². The van der Waals surface area contributed by atoms with Crippen molar-refractivity contribution >= 4 is 24.5 Å². The zero-order valence-corrected chi connectivity index (χ0v) is 15.9. The van der Waals surface area contributed by atoms with Gasteiger partial charge in [0, 0.05) is 31.4 Å². The van der Waals surface area contributed by atoms with Gasteiger partial charge in [0.1, 0.15) is 17.4 Å². The van der Waals surface area contributed by atoms with Crippen LogP contribution < -0.4 is 9.97 Å². The summed E-state index contributed by atoms with van der Waals surface area (Å²) in [6.07, 6.45) is 4.82. The van der Waals surface area contributed by atoms with E-state index in [2.05, 4.69) is 16.4 Å². The number of benzene rings is 1.